The molecule has 2 heteroatoms. The van der Waals surface area contributed by atoms with Crippen molar-refractivity contribution >= 4 is 0 Å². The van der Waals surface area contributed by atoms with Crippen LogP contribution in [0.3, 0.4) is 0 Å². The van der Waals surface area contributed by atoms with Crippen molar-refractivity contribution in [2.24, 2.45) is 0 Å². The van der Waals surface area contributed by atoms with E-state index in [9.17, 15) is 0 Å². The maximum absolute atomic E-state index is 3.80. The van der Waals surface area contributed by atoms with Crippen molar-refractivity contribution in [3.05, 3.63) is 35.9 Å². The summed E-state index contributed by atoms with van der Waals surface area (Å²) in [5, 5.41) is 3.80. The molecule has 1 N–H and O–H groups in total. The Hall–Kier alpha value is -0.860. The molecule has 0 saturated heterocycles. The highest BCUT2D eigenvalue weighted by Crippen LogP contribution is 2.20. The normalized spacial score (nSPS) is 14.6. The highest BCUT2D eigenvalue weighted by atomic mass is 15.1. The molecule has 1 rings (SSSR count). The SMILES string of the molecule is CCCCC(NC(C)CCN(C)C)c1ccccc1. The van der Waals surface area contributed by atoms with Crippen molar-refractivity contribution in [2.75, 3.05) is 20.6 Å². The largest absolute Gasteiger partial charge is 0.309 e. The van der Waals surface area contributed by atoms with Crippen molar-refractivity contribution in [3.8, 4) is 0 Å². The summed E-state index contributed by atoms with van der Waals surface area (Å²) in [6, 6.07) is 11.9. The number of unbranched alkanes of at least 4 members (excludes halogenated alkanes) is 1. The molecule has 1 aromatic carbocycles. The molecule has 0 saturated carbocycles. The molecular weight excluding hydrogens is 232 g/mol. The quantitative estimate of drug-likeness (QED) is 0.727. The second kappa shape index (κ2) is 9.11. The Morgan fingerprint density at radius 2 is 1.79 bits per heavy atom. The number of nitrogens with one attached hydrogen (secondary N) is 1. The van der Waals surface area contributed by atoms with Crippen LogP contribution in [-0.4, -0.2) is 31.6 Å². The molecule has 0 aliphatic heterocycles. The van der Waals surface area contributed by atoms with Crippen molar-refractivity contribution in [1.82, 2.24) is 10.2 Å². The topological polar surface area (TPSA) is 15.3 Å². The van der Waals surface area contributed by atoms with E-state index in [1.54, 1.807) is 0 Å². The van der Waals surface area contributed by atoms with Crippen LogP contribution in [0, 0.1) is 0 Å². The molecule has 2 nitrogen and oxygen atoms in total. The van der Waals surface area contributed by atoms with E-state index >= 15 is 0 Å². The molecule has 0 aromatic heterocycles. The van der Waals surface area contributed by atoms with Gasteiger partial charge in [0.15, 0.2) is 0 Å². The number of hydrogen-bond acceptors (Lipinski definition) is 2. The van der Waals surface area contributed by atoms with Gasteiger partial charge in [-0.1, -0.05) is 50.1 Å². The van der Waals surface area contributed by atoms with E-state index in [1.807, 2.05) is 0 Å². The zero-order chi connectivity index (χ0) is 14.1. The average molecular weight is 262 g/mol. The summed E-state index contributed by atoms with van der Waals surface area (Å²) in [6.45, 7) is 5.70. The average Bonchev–Trinajstić information content (AvgIpc) is 2.42. The lowest BCUT2D eigenvalue weighted by Gasteiger charge is -2.25. The van der Waals surface area contributed by atoms with Gasteiger partial charge < -0.3 is 10.2 Å². The van der Waals surface area contributed by atoms with Gasteiger partial charge in [-0.05, 0) is 46.0 Å². The van der Waals surface area contributed by atoms with E-state index in [0.29, 0.717) is 12.1 Å². The van der Waals surface area contributed by atoms with Gasteiger partial charge >= 0.3 is 0 Å². The van der Waals surface area contributed by atoms with Crippen LogP contribution in [0.25, 0.3) is 0 Å². The maximum atomic E-state index is 3.80. The number of rotatable bonds is 9. The minimum absolute atomic E-state index is 0.498. The predicted octanol–water partition coefficient (Wildman–Crippen LogP) is 3.85. The van der Waals surface area contributed by atoms with E-state index in [-0.39, 0.29) is 0 Å². The van der Waals surface area contributed by atoms with Gasteiger partial charge in [-0.25, -0.2) is 0 Å². The Morgan fingerprint density at radius 1 is 1.11 bits per heavy atom. The fourth-order valence-electron chi connectivity index (χ4n) is 2.32. The molecule has 0 bridgehead atoms. The molecule has 0 fully saturated rings. The summed E-state index contributed by atoms with van der Waals surface area (Å²) in [5.41, 5.74) is 1.42. The third-order valence-electron chi connectivity index (χ3n) is 3.54. The molecule has 0 aliphatic carbocycles. The van der Waals surface area contributed by atoms with E-state index in [1.165, 1.54) is 31.2 Å². The number of nitrogens with zero attached hydrogens (tertiary/aromatic N) is 1. The first-order valence-corrected chi connectivity index (χ1v) is 7.59. The summed E-state index contributed by atoms with van der Waals surface area (Å²) < 4.78 is 0. The molecule has 19 heavy (non-hydrogen) atoms. The van der Waals surface area contributed by atoms with E-state index in [2.05, 4.69) is 68.5 Å². The van der Waals surface area contributed by atoms with Crippen LogP contribution in [-0.2, 0) is 0 Å². The van der Waals surface area contributed by atoms with Gasteiger partial charge in [0.1, 0.15) is 0 Å². The lowest BCUT2D eigenvalue weighted by atomic mass is 10.00. The van der Waals surface area contributed by atoms with Crippen LogP contribution in [0.2, 0.25) is 0 Å². The Labute approximate surface area is 119 Å². The Kier molecular flexibility index (Phi) is 7.76. The van der Waals surface area contributed by atoms with Crippen molar-refractivity contribution in [3.63, 3.8) is 0 Å². The van der Waals surface area contributed by atoms with E-state index < -0.39 is 0 Å². The standard InChI is InChI=1S/C17H30N2/c1-5-6-12-17(16-10-8-7-9-11-16)18-15(2)13-14-19(3)4/h7-11,15,17-18H,5-6,12-14H2,1-4H3. The first-order valence-electron chi connectivity index (χ1n) is 7.59. The van der Waals surface area contributed by atoms with Crippen LogP contribution >= 0.6 is 0 Å². The molecule has 0 amide bonds. The summed E-state index contributed by atoms with van der Waals surface area (Å²) >= 11 is 0. The van der Waals surface area contributed by atoms with Crippen LogP contribution in [0.5, 0.6) is 0 Å². The molecule has 2 atom stereocenters. The third kappa shape index (κ3) is 6.74. The Bertz CT molecular complexity index is 321. The van der Waals surface area contributed by atoms with E-state index in [4.69, 9.17) is 0 Å². The molecule has 2 unspecified atom stereocenters. The summed E-state index contributed by atoms with van der Waals surface area (Å²) in [4.78, 5) is 2.25. The molecule has 0 spiro atoms. The molecule has 108 valence electrons. The van der Waals surface area contributed by atoms with Crippen molar-refractivity contribution in [1.29, 1.82) is 0 Å². The maximum Gasteiger partial charge on any atom is 0.0322 e. The van der Waals surface area contributed by atoms with Crippen LogP contribution in [0.4, 0.5) is 0 Å². The number of hydrogen-bond donors (Lipinski definition) is 1. The molecule has 0 heterocycles. The molecular formula is C17H30N2. The van der Waals surface area contributed by atoms with Crippen LogP contribution in [0.1, 0.15) is 51.1 Å². The first-order chi connectivity index (χ1) is 9.13. The summed E-state index contributed by atoms with van der Waals surface area (Å²) in [7, 11) is 4.27. The minimum Gasteiger partial charge on any atom is -0.309 e. The van der Waals surface area contributed by atoms with Crippen molar-refractivity contribution in [2.45, 2.75) is 51.6 Å². The fourth-order valence-corrected chi connectivity index (χ4v) is 2.32. The van der Waals surface area contributed by atoms with Crippen LogP contribution < -0.4 is 5.32 Å². The molecule has 1 aromatic rings. The predicted molar refractivity (Wildman–Crippen MR) is 84.5 cm³/mol. The highest BCUT2D eigenvalue weighted by Gasteiger charge is 2.13. The first kappa shape index (κ1) is 16.2. The monoisotopic (exact) mass is 262 g/mol. The highest BCUT2D eigenvalue weighted by molar-refractivity contribution is 5.18. The molecule has 0 aliphatic rings. The number of benzene rings is 1. The Morgan fingerprint density at radius 3 is 2.37 bits per heavy atom. The summed E-state index contributed by atoms with van der Waals surface area (Å²) in [5.74, 6) is 0. The van der Waals surface area contributed by atoms with Gasteiger partial charge in [0.2, 0.25) is 0 Å². The van der Waals surface area contributed by atoms with E-state index in [0.717, 1.165) is 6.54 Å². The lowest BCUT2D eigenvalue weighted by molar-refractivity contribution is 0.342. The summed E-state index contributed by atoms with van der Waals surface area (Å²) in [6.07, 6.45) is 4.97. The van der Waals surface area contributed by atoms with Gasteiger partial charge in [0.05, 0.1) is 0 Å². The zero-order valence-corrected chi connectivity index (χ0v) is 13.0. The van der Waals surface area contributed by atoms with Gasteiger partial charge in [-0.2, -0.15) is 0 Å². The zero-order valence-electron chi connectivity index (χ0n) is 13.0. The second-order valence-electron chi connectivity index (χ2n) is 5.77. The molecule has 0 radical (unpaired) electrons. The second-order valence-corrected chi connectivity index (χ2v) is 5.77. The van der Waals surface area contributed by atoms with Gasteiger partial charge in [-0.3, -0.25) is 0 Å². The van der Waals surface area contributed by atoms with Gasteiger partial charge in [-0.15, -0.1) is 0 Å². The van der Waals surface area contributed by atoms with Gasteiger partial charge in [0.25, 0.3) is 0 Å². The smallest absolute Gasteiger partial charge is 0.0322 e. The van der Waals surface area contributed by atoms with Crippen LogP contribution in [0.15, 0.2) is 30.3 Å². The minimum atomic E-state index is 0.498. The van der Waals surface area contributed by atoms with Crippen molar-refractivity contribution < 1.29 is 0 Å². The third-order valence-corrected chi connectivity index (χ3v) is 3.54. The van der Waals surface area contributed by atoms with Gasteiger partial charge in [0, 0.05) is 12.1 Å². The lowest BCUT2D eigenvalue weighted by Crippen LogP contribution is -2.33. The Balaban J connectivity index is 2.54. The fraction of sp³-hybridized carbons (Fsp3) is 0.647.